The molecule has 180 valence electrons. The maximum absolute atomic E-state index is 13.9. The van der Waals surface area contributed by atoms with Gasteiger partial charge in [-0.1, -0.05) is 65.9 Å². The Labute approximate surface area is 229 Å². The SMILES string of the molecule is CCOc1c(Br)cc(/C=c2\sc3n(c2=O)[C@@H](c2ccccc2)C2=C(N=3)c3ccccc3CC2)cc1Br. The fourth-order valence-electron chi connectivity index (χ4n) is 5.05. The minimum Gasteiger partial charge on any atom is -0.492 e. The third-order valence-corrected chi connectivity index (χ3v) is 8.76. The molecule has 0 fully saturated rings. The van der Waals surface area contributed by atoms with Gasteiger partial charge in [0.25, 0.3) is 5.56 Å². The highest BCUT2D eigenvalue weighted by molar-refractivity contribution is 9.11. The van der Waals surface area contributed by atoms with Gasteiger partial charge in [-0.05, 0) is 92.1 Å². The van der Waals surface area contributed by atoms with E-state index in [1.165, 1.54) is 28.0 Å². The number of halogens is 2. The number of fused-ring (bicyclic) bond motifs is 3. The van der Waals surface area contributed by atoms with E-state index in [4.69, 9.17) is 9.73 Å². The smallest absolute Gasteiger partial charge is 0.271 e. The monoisotopic (exact) mass is 620 g/mol. The van der Waals surface area contributed by atoms with E-state index in [0.717, 1.165) is 49.2 Å². The van der Waals surface area contributed by atoms with E-state index in [2.05, 4.69) is 68.3 Å². The summed E-state index contributed by atoms with van der Waals surface area (Å²) in [7, 11) is 0. The molecule has 0 spiro atoms. The zero-order valence-electron chi connectivity index (χ0n) is 19.5. The highest BCUT2D eigenvalue weighted by atomic mass is 79.9. The van der Waals surface area contributed by atoms with Gasteiger partial charge in [-0.25, -0.2) is 4.99 Å². The molecular weight excluding hydrogens is 600 g/mol. The molecule has 4 aromatic rings. The van der Waals surface area contributed by atoms with Crippen molar-refractivity contribution in [2.24, 2.45) is 4.99 Å². The molecule has 3 aromatic carbocycles. The van der Waals surface area contributed by atoms with Crippen molar-refractivity contribution in [2.75, 3.05) is 6.61 Å². The summed E-state index contributed by atoms with van der Waals surface area (Å²) >= 11 is 8.65. The quantitative estimate of drug-likeness (QED) is 0.271. The second kappa shape index (κ2) is 9.61. The van der Waals surface area contributed by atoms with Crippen LogP contribution in [-0.4, -0.2) is 11.2 Å². The van der Waals surface area contributed by atoms with Gasteiger partial charge in [0.05, 0.1) is 31.8 Å². The van der Waals surface area contributed by atoms with Gasteiger partial charge in [-0.3, -0.25) is 9.36 Å². The molecule has 36 heavy (non-hydrogen) atoms. The van der Waals surface area contributed by atoms with Crippen molar-refractivity contribution >= 4 is 55.0 Å². The van der Waals surface area contributed by atoms with Crippen molar-refractivity contribution in [2.45, 2.75) is 25.8 Å². The fourth-order valence-corrected chi connectivity index (χ4v) is 7.51. The molecular formula is C29H22Br2N2O2S. The fraction of sp³-hybridized carbons (Fsp3) is 0.172. The number of hydrogen-bond acceptors (Lipinski definition) is 4. The molecule has 0 saturated heterocycles. The van der Waals surface area contributed by atoms with Crippen LogP contribution in [0, 0.1) is 0 Å². The van der Waals surface area contributed by atoms with Crippen molar-refractivity contribution in [1.29, 1.82) is 0 Å². The summed E-state index contributed by atoms with van der Waals surface area (Å²) in [5.74, 6) is 0.756. The largest absolute Gasteiger partial charge is 0.492 e. The number of aromatic nitrogens is 1. The second-order valence-electron chi connectivity index (χ2n) is 8.77. The first kappa shape index (κ1) is 23.6. The van der Waals surface area contributed by atoms with Gasteiger partial charge in [0.15, 0.2) is 4.80 Å². The number of hydrogen-bond donors (Lipinski definition) is 0. The van der Waals surface area contributed by atoms with Crippen LogP contribution >= 0.6 is 43.2 Å². The lowest BCUT2D eigenvalue weighted by molar-refractivity contribution is 0.336. The van der Waals surface area contributed by atoms with Gasteiger partial charge < -0.3 is 4.74 Å². The molecule has 0 unspecified atom stereocenters. The first-order valence-corrected chi connectivity index (χ1v) is 14.2. The van der Waals surface area contributed by atoms with Gasteiger partial charge in [0.1, 0.15) is 5.75 Å². The van der Waals surface area contributed by atoms with Crippen molar-refractivity contribution in [3.8, 4) is 5.75 Å². The van der Waals surface area contributed by atoms with E-state index in [0.29, 0.717) is 11.1 Å². The summed E-state index contributed by atoms with van der Waals surface area (Å²) in [4.78, 5) is 19.7. The summed E-state index contributed by atoms with van der Waals surface area (Å²) < 4.78 is 9.94. The predicted octanol–water partition coefficient (Wildman–Crippen LogP) is 6.24. The maximum Gasteiger partial charge on any atom is 0.271 e. The Morgan fingerprint density at radius 2 is 1.78 bits per heavy atom. The zero-order valence-corrected chi connectivity index (χ0v) is 23.5. The highest BCUT2D eigenvalue weighted by Gasteiger charge is 2.32. The minimum atomic E-state index is -0.160. The molecule has 1 aliphatic carbocycles. The normalized spacial score (nSPS) is 16.8. The van der Waals surface area contributed by atoms with Gasteiger partial charge in [0, 0.05) is 5.56 Å². The van der Waals surface area contributed by atoms with Crippen molar-refractivity contribution in [3.05, 3.63) is 123 Å². The van der Waals surface area contributed by atoms with Crippen molar-refractivity contribution < 1.29 is 4.74 Å². The Hall–Kier alpha value is -2.74. The minimum absolute atomic E-state index is 0.0147. The van der Waals surface area contributed by atoms with Crippen LogP contribution in [0.2, 0.25) is 0 Å². The molecule has 6 rings (SSSR count). The first-order chi connectivity index (χ1) is 17.5. The number of nitrogens with zero attached hydrogens (tertiary/aromatic N) is 2. The van der Waals surface area contributed by atoms with E-state index in [9.17, 15) is 4.79 Å². The molecule has 0 saturated carbocycles. The summed E-state index contributed by atoms with van der Waals surface area (Å²) in [6.45, 7) is 2.52. The van der Waals surface area contributed by atoms with Crippen LogP contribution in [0.3, 0.4) is 0 Å². The van der Waals surface area contributed by atoms with Crippen LogP contribution in [0.15, 0.2) is 91.0 Å². The number of aryl methyl sites for hydroxylation is 1. The molecule has 0 N–H and O–H groups in total. The predicted molar refractivity (Wildman–Crippen MR) is 152 cm³/mol. The van der Waals surface area contributed by atoms with Gasteiger partial charge >= 0.3 is 0 Å². The molecule has 4 nitrogen and oxygen atoms in total. The lowest BCUT2D eigenvalue weighted by Gasteiger charge is -2.30. The lowest BCUT2D eigenvalue weighted by atomic mass is 9.83. The summed E-state index contributed by atoms with van der Waals surface area (Å²) in [5.41, 5.74) is 6.73. The summed E-state index contributed by atoms with van der Waals surface area (Å²) in [5, 5.41) is 0. The number of rotatable bonds is 4. The molecule has 0 radical (unpaired) electrons. The van der Waals surface area contributed by atoms with Crippen LogP contribution in [0.25, 0.3) is 11.8 Å². The molecule has 2 heterocycles. The van der Waals surface area contributed by atoms with E-state index < -0.39 is 0 Å². The van der Waals surface area contributed by atoms with Gasteiger partial charge in [0.2, 0.25) is 0 Å². The summed E-state index contributed by atoms with van der Waals surface area (Å²) in [6, 6.07) is 22.6. The van der Waals surface area contributed by atoms with Crippen LogP contribution < -0.4 is 19.6 Å². The Morgan fingerprint density at radius 3 is 2.53 bits per heavy atom. The van der Waals surface area contributed by atoms with E-state index in [-0.39, 0.29) is 11.6 Å². The van der Waals surface area contributed by atoms with Crippen LogP contribution in [0.5, 0.6) is 5.75 Å². The number of allylic oxidation sites excluding steroid dienone is 1. The van der Waals surface area contributed by atoms with Gasteiger partial charge in [-0.15, -0.1) is 0 Å². The molecule has 7 heteroatoms. The molecule has 1 aromatic heterocycles. The van der Waals surface area contributed by atoms with Crippen LogP contribution in [0.1, 0.15) is 41.6 Å². The topological polar surface area (TPSA) is 43.6 Å². The molecule has 2 aliphatic rings. The van der Waals surface area contributed by atoms with E-state index >= 15 is 0 Å². The highest BCUT2D eigenvalue weighted by Crippen LogP contribution is 2.41. The number of thiazole rings is 1. The molecule has 1 aliphatic heterocycles. The van der Waals surface area contributed by atoms with Crippen LogP contribution in [-0.2, 0) is 6.42 Å². The standard InChI is InChI=1S/C29H22Br2N2O2S/c1-2-35-27-22(30)14-17(15-23(27)31)16-24-28(34)33-26(19-9-4-3-5-10-19)21-13-12-18-8-6-7-11-20(18)25(21)32-29(33)36-24/h3-11,14-16,26H,2,12-13H2,1H3/b24-16-/t26-/m0/s1. The average molecular weight is 622 g/mol. The number of benzene rings is 3. The van der Waals surface area contributed by atoms with Crippen molar-refractivity contribution in [3.63, 3.8) is 0 Å². The Bertz CT molecular complexity index is 1680. The lowest BCUT2D eigenvalue weighted by Crippen LogP contribution is -2.38. The number of ether oxygens (including phenoxy) is 1. The van der Waals surface area contributed by atoms with E-state index in [1.807, 2.05) is 47.9 Å². The Kier molecular flexibility index (Phi) is 6.32. The molecule has 0 bridgehead atoms. The van der Waals surface area contributed by atoms with Crippen molar-refractivity contribution in [1.82, 2.24) is 4.57 Å². The third-order valence-electron chi connectivity index (χ3n) is 6.60. The third kappa shape index (κ3) is 4.03. The zero-order chi connectivity index (χ0) is 24.8. The van der Waals surface area contributed by atoms with Crippen LogP contribution in [0.4, 0.5) is 0 Å². The average Bonchev–Trinajstić information content (AvgIpc) is 3.19. The first-order valence-electron chi connectivity index (χ1n) is 11.8. The molecule has 1 atom stereocenters. The molecule has 0 amide bonds. The Balaban J connectivity index is 1.57. The maximum atomic E-state index is 13.9. The Morgan fingerprint density at radius 1 is 1.06 bits per heavy atom. The van der Waals surface area contributed by atoms with E-state index in [1.54, 1.807) is 0 Å². The second-order valence-corrected chi connectivity index (χ2v) is 11.5. The summed E-state index contributed by atoms with van der Waals surface area (Å²) in [6.07, 6.45) is 3.78. The van der Waals surface area contributed by atoms with Gasteiger partial charge in [-0.2, -0.15) is 0 Å².